The maximum atomic E-state index is 13.0. The highest BCUT2D eigenvalue weighted by Crippen LogP contribution is 2.33. The zero-order chi connectivity index (χ0) is 32.8. The molecule has 0 spiro atoms. The largest absolute Gasteiger partial charge is 0.573 e. The molecule has 4 aromatic rings. The van der Waals surface area contributed by atoms with E-state index in [9.17, 15) is 18.0 Å². The van der Waals surface area contributed by atoms with Crippen LogP contribution in [0.4, 0.5) is 23.7 Å². The first-order valence-electron chi connectivity index (χ1n) is 15.2. The van der Waals surface area contributed by atoms with Gasteiger partial charge in [-0.1, -0.05) is 62.0 Å². The van der Waals surface area contributed by atoms with Gasteiger partial charge in [-0.25, -0.2) is 14.5 Å². The number of aliphatic imine (C=N–C) groups is 1. The van der Waals surface area contributed by atoms with Gasteiger partial charge >= 0.3 is 12.4 Å². The summed E-state index contributed by atoms with van der Waals surface area (Å²) in [6.07, 6.45) is -0.712. The predicted molar refractivity (Wildman–Crippen MR) is 177 cm³/mol. The first kappa shape index (κ1) is 33.1. The first-order chi connectivity index (χ1) is 21.9. The van der Waals surface area contributed by atoms with E-state index in [1.54, 1.807) is 11.8 Å². The van der Waals surface area contributed by atoms with E-state index in [1.165, 1.54) is 46.4 Å². The number of amidine groups is 1. The van der Waals surface area contributed by atoms with Gasteiger partial charge in [0.2, 0.25) is 0 Å². The first-order valence-corrected chi connectivity index (χ1v) is 16.2. The van der Waals surface area contributed by atoms with Crippen LogP contribution in [-0.4, -0.2) is 50.7 Å². The number of ether oxygens (including phenoxy) is 1. The number of aryl methyl sites for hydroxylation is 2. The smallest absolute Gasteiger partial charge is 0.406 e. The lowest BCUT2D eigenvalue weighted by Crippen LogP contribution is -2.38. The van der Waals surface area contributed by atoms with E-state index in [2.05, 4.69) is 69.0 Å². The molecule has 0 aliphatic carbocycles. The number of hydrogen-bond donors (Lipinski definition) is 1. The molecular formula is C34H37F3N6O2S. The van der Waals surface area contributed by atoms with Crippen LogP contribution >= 0.6 is 11.8 Å². The van der Waals surface area contributed by atoms with Crippen LogP contribution in [0.5, 0.6) is 5.75 Å². The van der Waals surface area contributed by atoms with Crippen molar-refractivity contribution in [1.82, 2.24) is 20.1 Å². The van der Waals surface area contributed by atoms with Gasteiger partial charge in [-0.3, -0.25) is 0 Å². The molecule has 46 heavy (non-hydrogen) atoms. The number of nitrogens with one attached hydrogen (secondary N) is 1. The van der Waals surface area contributed by atoms with E-state index >= 15 is 0 Å². The van der Waals surface area contributed by atoms with Gasteiger partial charge in [-0.05, 0) is 86.1 Å². The Hall–Kier alpha value is -4.32. The molecule has 1 fully saturated rings. The number of carbonyl (C=O) groups excluding carboxylic acids is 1. The number of thioether (sulfide) groups is 1. The van der Waals surface area contributed by atoms with Crippen LogP contribution in [-0.2, 0) is 6.42 Å². The third-order valence-electron chi connectivity index (χ3n) is 7.56. The number of benzene rings is 3. The number of carbonyl (C=O) groups is 1. The van der Waals surface area contributed by atoms with Crippen LogP contribution in [0.3, 0.4) is 0 Å². The van der Waals surface area contributed by atoms with Crippen molar-refractivity contribution >= 4 is 28.6 Å². The van der Waals surface area contributed by atoms with E-state index in [0.717, 1.165) is 53.5 Å². The van der Waals surface area contributed by atoms with Gasteiger partial charge in [0, 0.05) is 29.6 Å². The molecule has 1 atom stereocenters. The normalized spacial score (nSPS) is 15.3. The Morgan fingerprint density at radius 2 is 1.80 bits per heavy atom. The number of amides is 2. The molecule has 0 saturated carbocycles. The van der Waals surface area contributed by atoms with E-state index in [4.69, 9.17) is 0 Å². The number of alkyl halides is 3. The maximum absolute atomic E-state index is 13.0. The zero-order valence-corrected chi connectivity index (χ0v) is 27.0. The molecule has 1 unspecified atom stereocenters. The van der Waals surface area contributed by atoms with Gasteiger partial charge in [0.05, 0.1) is 5.69 Å². The van der Waals surface area contributed by atoms with Gasteiger partial charge in [0.25, 0.3) is 0 Å². The fraction of sp³-hybridized carbons (Fsp3) is 0.353. The summed E-state index contributed by atoms with van der Waals surface area (Å²) in [7, 11) is 0. The monoisotopic (exact) mass is 650 g/mol. The molecule has 0 bridgehead atoms. The van der Waals surface area contributed by atoms with Gasteiger partial charge in [0.15, 0.2) is 11.0 Å². The molecule has 1 aliphatic heterocycles. The molecular weight excluding hydrogens is 613 g/mol. The number of halogens is 3. The maximum Gasteiger partial charge on any atom is 0.573 e. The van der Waals surface area contributed by atoms with E-state index < -0.39 is 6.36 Å². The van der Waals surface area contributed by atoms with Crippen LogP contribution in [0.1, 0.15) is 56.2 Å². The summed E-state index contributed by atoms with van der Waals surface area (Å²) < 4.78 is 42.7. The minimum absolute atomic E-state index is 0.0750. The number of rotatable bonds is 9. The van der Waals surface area contributed by atoms with Crippen LogP contribution < -0.4 is 15.0 Å². The van der Waals surface area contributed by atoms with Crippen LogP contribution in [0, 0.1) is 6.92 Å². The van der Waals surface area contributed by atoms with Gasteiger partial charge in [0.1, 0.15) is 12.1 Å². The minimum atomic E-state index is -4.74. The van der Waals surface area contributed by atoms with Crippen LogP contribution in [0.25, 0.3) is 17.1 Å². The molecule has 1 aromatic heterocycles. The van der Waals surface area contributed by atoms with Crippen molar-refractivity contribution in [2.45, 2.75) is 65.3 Å². The van der Waals surface area contributed by atoms with Crippen molar-refractivity contribution in [3.05, 3.63) is 89.7 Å². The van der Waals surface area contributed by atoms with Gasteiger partial charge in [-0.15, -0.1) is 18.3 Å². The Kier molecular flexibility index (Phi) is 10.4. The lowest BCUT2D eigenvalue weighted by molar-refractivity contribution is -0.274. The van der Waals surface area contributed by atoms with Crippen molar-refractivity contribution in [2.24, 2.45) is 4.99 Å². The Labute approximate surface area is 271 Å². The van der Waals surface area contributed by atoms with Crippen molar-refractivity contribution in [1.29, 1.82) is 0 Å². The van der Waals surface area contributed by atoms with Crippen LogP contribution in [0.2, 0.25) is 0 Å². The Morgan fingerprint density at radius 1 is 1.07 bits per heavy atom. The number of anilines is 1. The van der Waals surface area contributed by atoms with Crippen molar-refractivity contribution < 1.29 is 22.7 Å². The van der Waals surface area contributed by atoms with Crippen molar-refractivity contribution in [2.75, 3.05) is 17.2 Å². The minimum Gasteiger partial charge on any atom is -0.406 e. The highest BCUT2D eigenvalue weighted by atomic mass is 32.2. The molecule has 0 radical (unpaired) electrons. The third kappa shape index (κ3) is 8.68. The zero-order valence-electron chi connectivity index (χ0n) is 26.2. The molecule has 1 aliphatic rings. The number of aromatic nitrogens is 3. The summed E-state index contributed by atoms with van der Waals surface area (Å²) >= 11 is 1.62. The fourth-order valence-corrected chi connectivity index (χ4v) is 6.13. The average molecular weight is 651 g/mol. The summed E-state index contributed by atoms with van der Waals surface area (Å²) in [5.74, 6) is 1.47. The van der Waals surface area contributed by atoms with E-state index in [-0.39, 0.29) is 17.8 Å². The highest BCUT2D eigenvalue weighted by Gasteiger charge is 2.31. The molecule has 1 saturated heterocycles. The summed E-state index contributed by atoms with van der Waals surface area (Å²) in [6, 6.07) is 19.3. The van der Waals surface area contributed by atoms with Crippen LogP contribution in [0.15, 0.2) is 78.0 Å². The molecule has 1 N–H and O–H groups in total. The summed E-state index contributed by atoms with van der Waals surface area (Å²) in [5.41, 5.74) is 6.01. The van der Waals surface area contributed by atoms with Crippen molar-refractivity contribution in [3.8, 4) is 22.8 Å². The number of nitrogens with zero attached hydrogens (tertiary/aromatic N) is 5. The molecule has 2 heterocycles. The fourth-order valence-electron chi connectivity index (χ4n) is 5.18. The lowest BCUT2D eigenvalue weighted by atomic mass is 9.98. The third-order valence-corrected chi connectivity index (χ3v) is 8.62. The second-order valence-electron chi connectivity index (χ2n) is 11.6. The number of urea groups is 1. The van der Waals surface area contributed by atoms with Crippen molar-refractivity contribution in [3.63, 3.8) is 0 Å². The second kappa shape index (κ2) is 14.4. The quantitative estimate of drug-likeness (QED) is 0.196. The van der Waals surface area contributed by atoms with E-state index in [1.807, 2.05) is 31.2 Å². The molecule has 5 rings (SSSR count). The Balaban J connectivity index is 1.16. The molecule has 8 nitrogen and oxygen atoms in total. The standard InChI is InChI=1S/C34H37F3N6O2S/c1-22(2)29-17-6-23(3)20-30(29)42-18-5-19-46-33(42)40-32(44)39-24(4)7-8-25-9-11-26(12-10-25)31-38-21-43(41-31)27-13-15-28(16-14-27)45-34(35,36)37/h6,9-17,20-22,24H,5,7-8,18-19H2,1-4H3,(H,39,44)/b40-33-. The van der Waals surface area contributed by atoms with E-state index in [0.29, 0.717) is 17.4 Å². The number of hydrogen-bond acceptors (Lipinski definition) is 5. The Morgan fingerprint density at radius 3 is 2.50 bits per heavy atom. The van der Waals surface area contributed by atoms with Gasteiger partial charge in [-0.2, -0.15) is 4.99 Å². The summed E-state index contributed by atoms with van der Waals surface area (Å²) in [6.45, 7) is 9.26. The second-order valence-corrected chi connectivity index (χ2v) is 12.7. The topological polar surface area (TPSA) is 84.6 Å². The summed E-state index contributed by atoms with van der Waals surface area (Å²) in [5, 5.41) is 8.23. The lowest BCUT2D eigenvalue weighted by Gasteiger charge is -2.32. The molecule has 242 valence electrons. The summed E-state index contributed by atoms with van der Waals surface area (Å²) in [4.78, 5) is 24.0. The predicted octanol–water partition coefficient (Wildman–Crippen LogP) is 8.29. The molecule has 2 amide bonds. The highest BCUT2D eigenvalue weighted by molar-refractivity contribution is 8.14. The SMILES string of the molecule is Cc1ccc(C(C)C)c(N2CCCS/C2=N\C(=O)NC(C)CCc2ccc(-c3ncn(-c4ccc(OC(F)(F)F)cc4)n3)cc2)c1. The average Bonchev–Trinajstić information content (AvgIpc) is 3.50. The van der Waals surface area contributed by atoms with Gasteiger partial charge < -0.3 is 15.0 Å². The molecule has 3 aromatic carbocycles. The molecule has 12 heteroatoms. The Bertz CT molecular complexity index is 1670.